The molecule has 2 atom stereocenters. The minimum absolute atomic E-state index is 0. The van der Waals surface area contributed by atoms with Gasteiger partial charge in [-0.3, -0.25) is 0 Å². The van der Waals surface area contributed by atoms with Gasteiger partial charge in [-0.15, -0.1) is 12.4 Å². The van der Waals surface area contributed by atoms with Crippen molar-refractivity contribution in [3.05, 3.63) is 53.6 Å². The molecule has 2 aromatic carbocycles. The Morgan fingerprint density at radius 2 is 1.57 bits per heavy atom. The first-order valence-electron chi connectivity index (χ1n) is 7.51. The van der Waals surface area contributed by atoms with E-state index in [-0.39, 0.29) is 35.7 Å². The molecule has 0 saturated heterocycles. The molecule has 0 bridgehead atoms. The lowest BCUT2D eigenvalue weighted by atomic mass is 10.0. The van der Waals surface area contributed by atoms with Crippen LogP contribution in [0.3, 0.4) is 0 Å². The summed E-state index contributed by atoms with van der Waals surface area (Å²) >= 11 is 0. The summed E-state index contributed by atoms with van der Waals surface area (Å²) in [5.74, 6) is 0.0925. The van der Waals surface area contributed by atoms with Crippen molar-refractivity contribution in [2.24, 2.45) is 0 Å². The number of hydrogen-bond acceptors (Lipinski definition) is 4. The van der Waals surface area contributed by atoms with E-state index in [1.807, 2.05) is 19.1 Å². The van der Waals surface area contributed by atoms with Crippen molar-refractivity contribution in [3.8, 4) is 17.2 Å². The third kappa shape index (κ3) is 5.66. The molecule has 0 saturated carbocycles. The second kappa shape index (κ2) is 8.65. The lowest BCUT2D eigenvalue weighted by molar-refractivity contribution is 0.400. The largest absolute Gasteiger partial charge is 0.508 e. The van der Waals surface area contributed by atoms with E-state index in [9.17, 15) is 15.3 Å². The molecule has 0 radical (unpaired) electrons. The SMILES string of the molecule is CC(CCc1ccc(O)cc1)NC(C)c1ccc(O)c(O)c1.Cl. The van der Waals surface area contributed by atoms with Crippen molar-refractivity contribution in [1.82, 2.24) is 5.32 Å². The van der Waals surface area contributed by atoms with E-state index in [1.54, 1.807) is 24.3 Å². The van der Waals surface area contributed by atoms with E-state index in [1.165, 1.54) is 11.6 Å². The third-order valence-corrected chi connectivity index (χ3v) is 3.84. The number of phenolic OH excluding ortho intramolecular Hbond substituents is 3. The molecule has 0 aliphatic carbocycles. The summed E-state index contributed by atoms with van der Waals surface area (Å²) in [6.45, 7) is 4.15. The van der Waals surface area contributed by atoms with Crippen LogP contribution in [0.25, 0.3) is 0 Å². The van der Waals surface area contributed by atoms with Crippen LogP contribution in [0.5, 0.6) is 17.2 Å². The quantitative estimate of drug-likeness (QED) is 0.603. The average Bonchev–Trinajstić information content (AvgIpc) is 2.49. The standard InChI is InChI=1S/C18H23NO3.ClH/c1-12(3-4-14-5-8-16(20)9-6-14)19-13(2)15-7-10-17(21)18(22)11-15;/h5-13,19-22H,3-4H2,1-2H3;1H. The minimum Gasteiger partial charge on any atom is -0.508 e. The number of nitrogens with one attached hydrogen (secondary N) is 1. The van der Waals surface area contributed by atoms with Gasteiger partial charge in [0.15, 0.2) is 11.5 Å². The molecule has 2 aromatic rings. The van der Waals surface area contributed by atoms with Gasteiger partial charge in [-0.05, 0) is 62.1 Å². The molecule has 23 heavy (non-hydrogen) atoms. The van der Waals surface area contributed by atoms with Gasteiger partial charge in [-0.2, -0.15) is 0 Å². The Balaban J connectivity index is 0.00000264. The molecule has 0 heterocycles. The highest BCUT2D eigenvalue weighted by Gasteiger charge is 2.11. The smallest absolute Gasteiger partial charge is 0.157 e. The van der Waals surface area contributed by atoms with E-state index < -0.39 is 0 Å². The van der Waals surface area contributed by atoms with Crippen LogP contribution in [0.15, 0.2) is 42.5 Å². The molecule has 2 unspecified atom stereocenters. The summed E-state index contributed by atoms with van der Waals surface area (Å²) in [6, 6.07) is 12.6. The van der Waals surface area contributed by atoms with E-state index in [4.69, 9.17) is 0 Å². The number of benzene rings is 2. The first-order valence-corrected chi connectivity index (χ1v) is 7.51. The van der Waals surface area contributed by atoms with Gasteiger partial charge >= 0.3 is 0 Å². The van der Waals surface area contributed by atoms with Crippen LogP contribution >= 0.6 is 12.4 Å². The Hall–Kier alpha value is -1.91. The van der Waals surface area contributed by atoms with Gasteiger partial charge in [0.25, 0.3) is 0 Å². The second-order valence-corrected chi connectivity index (χ2v) is 5.74. The number of halogens is 1. The topological polar surface area (TPSA) is 72.7 Å². The number of rotatable bonds is 6. The Labute approximate surface area is 143 Å². The molecule has 5 heteroatoms. The molecule has 0 aromatic heterocycles. The summed E-state index contributed by atoms with van der Waals surface area (Å²) in [5, 5.41) is 31.7. The summed E-state index contributed by atoms with van der Waals surface area (Å²) in [7, 11) is 0. The Morgan fingerprint density at radius 1 is 0.913 bits per heavy atom. The van der Waals surface area contributed by atoms with E-state index in [2.05, 4.69) is 12.2 Å². The summed E-state index contributed by atoms with van der Waals surface area (Å²) in [4.78, 5) is 0. The van der Waals surface area contributed by atoms with Crippen LogP contribution < -0.4 is 5.32 Å². The van der Waals surface area contributed by atoms with Gasteiger partial charge in [0.05, 0.1) is 0 Å². The van der Waals surface area contributed by atoms with Crippen LogP contribution in [-0.4, -0.2) is 21.4 Å². The maximum atomic E-state index is 9.56. The lowest BCUT2D eigenvalue weighted by Crippen LogP contribution is -2.29. The second-order valence-electron chi connectivity index (χ2n) is 5.74. The predicted octanol–water partition coefficient (Wildman–Crippen LogP) is 3.90. The maximum absolute atomic E-state index is 9.56. The van der Waals surface area contributed by atoms with Gasteiger partial charge in [0, 0.05) is 12.1 Å². The maximum Gasteiger partial charge on any atom is 0.157 e. The van der Waals surface area contributed by atoms with Crippen LogP contribution in [-0.2, 0) is 6.42 Å². The zero-order chi connectivity index (χ0) is 16.1. The van der Waals surface area contributed by atoms with Gasteiger partial charge in [0.2, 0.25) is 0 Å². The van der Waals surface area contributed by atoms with Gasteiger partial charge < -0.3 is 20.6 Å². The van der Waals surface area contributed by atoms with Crippen molar-refractivity contribution in [2.75, 3.05) is 0 Å². The first-order chi connectivity index (χ1) is 10.5. The third-order valence-electron chi connectivity index (χ3n) is 3.84. The van der Waals surface area contributed by atoms with E-state index in [0.29, 0.717) is 6.04 Å². The summed E-state index contributed by atoms with van der Waals surface area (Å²) < 4.78 is 0. The van der Waals surface area contributed by atoms with Crippen molar-refractivity contribution < 1.29 is 15.3 Å². The molecule has 0 amide bonds. The molecule has 0 aliphatic rings. The molecule has 126 valence electrons. The molecule has 2 rings (SSSR count). The average molecular weight is 338 g/mol. The van der Waals surface area contributed by atoms with E-state index in [0.717, 1.165) is 18.4 Å². The van der Waals surface area contributed by atoms with Crippen molar-refractivity contribution in [2.45, 2.75) is 38.8 Å². The highest BCUT2D eigenvalue weighted by atomic mass is 35.5. The molecule has 4 nitrogen and oxygen atoms in total. The van der Waals surface area contributed by atoms with Gasteiger partial charge in [-0.1, -0.05) is 18.2 Å². The minimum atomic E-state index is -0.101. The number of hydrogen-bond donors (Lipinski definition) is 4. The Morgan fingerprint density at radius 3 is 2.17 bits per heavy atom. The summed E-state index contributed by atoms with van der Waals surface area (Å²) in [6.07, 6.45) is 1.90. The van der Waals surface area contributed by atoms with Crippen LogP contribution in [0, 0.1) is 0 Å². The monoisotopic (exact) mass is 337 g/mol. The zero-order valence-corrected chi connectivity index (χ0v) is 14.2. The number of aryl methyl sites for hydroxylation is 1. The Bertz CT molecular complexity index is 616. The van der Waals surface area contributed by atoms with Crippen LogP contribution in [0.4, 0.5) is 0 Å². The summed E-state index contributed by atoms with van der Waals surface area (Å²) in [5.41, 5.74) is 2.13. The number of aromatic hydroxyl groups is 3. The molecule has 4 N–H and O–H groups in total. The molecule has 0 fully saturated rings. The van der Waals surface area contributed by atoms with E-state index >= 15 is 0 Å². The number of phenols is 3. The molecular formula is C18H24ClNO3. The molecule has 0 spiro atoms. The first kappa shape index (κ1) is 19.1. The van der Waals surface area contributed by atoms with Crippen molar-refractivity contribution in [1.29, 1.82) is 0 Å². The Kier molecular flexibility index (Phi) is 7.20. The predicted molar refractivity (Wildman–Crippen MR) is 94.5 cm³/mol. The van der Waals surface area contributed by atoms with Crippen molar-refractivity contribution >= 4 is 12.4 Å². The lowest BCUT2D eigenvalue weighted by Gasteiger charge is -2.20. The zero-order valence-electron chi connectivity index (χ0n) is 13.4. The fraction of sp³-hybridized carbons (Fsp3) is 0.333. The van der Waals surface area contributed by atoms with Gasteiger partial charge in [-0.25, -0.2) is 0 Å². The highest BCUT2D eigenvalue weighted by Crippen LogP contribution is 2.28. The van der Waals surface area contributed by atoms with Crippen LogP contribution in [0.1, 0.15) is 37.4 Å². The molecular weight excluding hydrogens is 314 g/mol. The highest BCUT2D eigenvalue weighted by molar-refractivity contribution is 5.85. The van der Waals surface area contributed by atoms with Crippen molar-refractivity contribution in [3.63, 3.8) is 0 Å². The normalized spacial score (nSPS) is 13.1. The fourth-order valence-corrected chi connectivity index (χ4v) is 2.46. The van der Waals surface area contributed by atoms with Crippen LogP contribution in [0.2, 0.25) is 0 Å². The van der Waals surface area contributed by atoms with Gasteiger partial charge in [0.1, 0.15) is 5.75 Å². The fourth-order valence-electron chi connectivity index (χ4n) is 2.46. The molecule has 0 aliphatic heterocycles.